The van der Waals surface area contributed by atoms with Gasteiger partial charge in [-0.1, -0.05) is 98.8 Å². The van der Waals surface area contributed by atoms with Gasteiger partial charge >= 0.3 is 7.82 Å². The zero-order chi connectivity index (χ0) is 23.3. The highest BCUT2D eigenvalue weighted by Gasteiger charge is 2.25. The van der Waals surface area contributed by atoms with Gasteiger partial charge in [-0.3, -0.25) is 4.89 Å². The van der Waals surface area contributed by atoms with Crippen LogP contribution >= 0.6 is 7.82 Å². The molecule has 0 amide bonds. The zero-order valence-electron chi connectivity index (χ0n) is 18.7. The van der Waals surface area contributed by atoms with Gasteiger partial charge in [0.25, 0.3) is 0 Å². The maximum atomic E-state index is 12.5. The van der Waals surface area contributed by atoms with Crippen LogP contribution in [0.4, 0.5) is 0 Å². The van der Waals surface area contributed by atoms with E-state index in [1.165, 1.54) is 11.1 Å². The minimum Gasteiger partial charge on any atom is -0.395 e. The number of rotatable bonds is 8. The molecule has 0 saturated carbocycles. The van der Waals surface area contributed by atoms with Crippen LogP contribution in [0.1, 0.15) is 47.9 Å². The molecule has 2 atom stereocenters. The van der Waals surface area contributed by atoms with Gasteiger partial charge in [-0.05, 0) is 46.5 Å². The van der Waals surface area contributed by atoms with Crippen LogP contribution in [0, 0.1) is 0 Å². The van der Waals surface area contributed by atoms with Crippen molar-refractivity contribution in [1.82, 2.24) is 0 Å². The van der Waals surface area contributed by atoms with Gasteiger partial charge in [-0.15, -0.1) is 0 Å². The molecule has 0 aromatic heterocycles. The number of phosphoric acid groups is 1. The molecule has 33 heavy (non-hydrogen) atoms. The van der Waals surface area contributed by atoms with E-state index in [4.69, 9.17) is 9.05 Å². The molecule has 4 rings (SSSR count). The molecule has 0 aliphatic rings. The molecule has 0 aliphatic carbocycles. The Morgan fingerprint density at radius 2 is 0.848 bits per heavy atom. The monoisotopic (exact) mass is 458 g/mol. The lowest BCUT2D eigenvalue weighted by molar-refractivity contribution is 0.291. The summed E-state index contributed by atoms with van der Waals surface area (Å²) in [5, 5.41) is 0. The molecule has 0 fully saturated rings. The van der Waals surface area contributed by atoms with Crippen molar-refractivity contribution < 1.29 is 18.5 Å². The largest absolute Gasteiger partial charge is 0.584 e. The summed E-state index contributed by atoms with van der Waals surface area (Å²) in [6.45, 7) is 4.24. The first-order chi connectivity index (χ1) is 15.9. The van der Waals surface area contributed by atoms with Crippen LogP contribution in [0.3, 0.4) is 0 Å². The molecule has 168 valence electrons. The summed E-state index contributed by atoms with van der Waals surface area (Å²) in [5.41, 5.74) is 4.58. The molecular formula is C28H27O4P. The van der Waals surface area contributed by atoms with Crippen LogP contribution in [0.15, 0.2) is 109 Å². The summed E-state index contributed by atoms with van der Waals surface area (Å²) in [6, 6.07) is 34.7. The maximum absolute atomic E-state index is 12.5. The van der Waals surface area contributed by atoms with E-state index in [-0.39, 0.29) is 23.3 Å². The Bertz CT molecular complexity index is 1110. The molecule has 0 saturated heterocycles. The van der Waals surface area contributed by atoms with Crippen LogP contribution in [0.2, 0.25) is 0 Å². The van der Waals surface area contributed by atoms with E-state index in [0.717, 1.165) is 11.1 Å². The summed E-state index contributed by atoms with van der Waals surface area (Å²) in [4.78, 5) is 10.2. The van der Waals surface area contributed by atoms with E-state index in [0.29, 0.717) is 0 Å². The predicted octanol–water partition coefficient (Wildman–Crippen LogP) is 7.55. The van der Waals surface area contributed by atoms with Crippen LogP contribution in [-0.4, -0.2) is 4.89 Å². The summed E-state index contributed by atoms with van der Waals surface area (Å²) in [5.74, 6) is 0.960. The molecule has 0 bridgehead atoms. The highest BCUT2D eigenvalue weighted by atomic mass is 31.2. The Balaban J connectivity index is 1.39. The fraction of sp³-hybridized carbons (Fsp3) is 0.143. The van der Waals surface area contributed by atoms with Crippen molar-refractivity contribution >= 4 is 7.82 Å². The van der Waals surface area contributed by atoms with Crippen molar-refractivity contribution in [3.8, 4) is 11.5 Å². The summed E-state index contributed by atoms with van der Waals surface area (Å²) < 4.78 is 23.1. The first-order valence-electron chi connectivity index (χ1n) is 10.9. The molecule has 0 radical (unpaired) electrons. The number of hydrogen-bond donors (Lipinski definition) is 1. The van der Waals surface area contributed by atoms with Crippen molar-refractivity contribution in [2.24, 2.45) is 0 Å². The third kappa shape index (κ3) is 5.92. The zero-order valence-corrected chi connectivity index (χ0v) is 19.6. The summed E-state index contributed by atoms with van der Waals surface area (Å²) in [6.07, 6.45) is 0. The van der Waals surface area contributed by atoms with E-state index in [2.05, 4.69) is 38.1 Å². The molecular weight excluding hydrogens is 431 g/mol. The molecule has 4 nitrogen and oxygen atoms in total. The van der Waals surface area contributed by atoms with Gasteiger partial charge in [-0.25, -0.2) is 4.57 Å². The lowest BCUT2D eigenvalue weighted by atomic mass is 9.93. The lowest BCUT2D eigenvalue weighted by Gasteiger charge is -2.17. The van der Waals surface area contributed by atoms with Crippen LogP contribution in [0.25, 0.3) is 0 Å². The van der Waals surface area contributed by atoms with E-state index in [1.54, 1.807) is 24.3 Å². The molecule has 1 N–H and O–H groups in total. The lowest BCUT2D eigenvalue weighted by Crippen LogP contribution is -2.01. The van der Waals surface area contributed by atoms with Crippen molar-refractivity contribution in [3.63, 3.8) is 0 Å². The van der Waals surface area contributed by atoms with Gasteiger partial charge < -0.3 is 9.05 Å². The van der Waals surface area contributed by atoms with E-state index < -0.39 is 7.82 Å². The average molecular weight is 458 g/mol. The third-order valence-corrected chi connectivity index (χ3v) is 6.68. The van der Waals surface area contributed by atoms with E-state index >= 15 is 0 Å². The number of benzene rings is 4. The quantitative estimate of drug-likeness (QED) is 0.277. The van der Waals surface area contributed by atoms with Crippen molar-refractivity contribution in [2.75, 3.05) is 0 Å². The molecule has 2 unspecified atom stereocenters. The third-order valence-electron chi connectivity index (χ3n) is 5.80. The van der Waals surface area contributed by atoms with Gasteiger partial charge in [-0.2, -0.15) is 0 Å². The first-order valence-corrected chi connectivity index (χ1v) is 12.4. The van der Waals surface area contributed by atoms with E-state index in [9.17, 15) is 9.46 Å². The average Bonchev–Trinajstić information content (AvgIpc) is 2.85. The van der Waals surface area contributed by atoms with Crippen molar-refractivity contribution in [1.29, 1.82) is 0 Å². The number of hydrogen-bond acceptors (Lipinski definition) is 3. The Morgan fingerprint density at radius 1 is 0.545 bits per heavy atom. The van der Waals surface area contributed by atoms with Gasteiger partial charge in [0.1, 0.15) is 11.5 Å². The fourth-order valence-electron chi connectivity index (χ4n) is 3.79. The van der Waals surface area contributed by atoms with Gasteiger partial charge in [0, 0.05) is 11.8 Å². The van der Waals surface area contributed by atoms with E-state index in [1.807, 2.05) is 60.7 Å². The minimum absolute atomic E-state index is 0.203. The second kappa shape index (κ2) is 10.1. The standard InChI is InChI=1S/C28H27O4P/c1-21(23-9-5-3-6-10-23)25-13-17-27(18-14-25)31-33(29,30)32-28-19-15-26(16-20-28)22(2)24-11-7-4-8-12-24/h3-22H,1-2H3,(H,29,30). The molecule has 4 aromatic rings. The smallest absolute Gasteiger partial charge is 0.395 e. The van der Waals surface area contributed by atoms with Crippen molar-refractivity contribution in [2.45, 2.75) is 25.7 Å². The normalized spacial score (nSPS) is 14.6. The highest BCUT2D eigenvalue weighted by Crippen LogP contribution is 2.44. The Labute approximate surface area is 195 Å². The van der Waals surface area contributed by atoms with Gasteiger partial charge in [0.05, 0.1) is 0 Å². The molecule has 4 aromatic carbocycles. The van der Waals surface area contributed by atoms with Crippen LogP contribution < -0.4 is 9.05 Å². The second-order valence-corrected chi connectivity index (χ2v) is 9.36. The number of phosphoric ester groups is 1. The first kappa shape index (κ1) is 22.8. The molecule has 0 heterocycles. The molecule has 5 heteroatoms. The van der Waals surface area contributed by atoms with Gasteiger partial charge in [0.2, 0.25) is 0 Å². The molecule has 0 spiro atoms. The molecule has 0 aliphatic heterocycles. The van der Waals surface area contributed by atoms with Crippen molar-refractivity contribution in [3.05, 3.63) is 131 Å². The fourth-order valence-corrected chi connectivity index (χ4v) is 4.60. The summed E-state index contributed by atoms with van der Waals surface area (Å²) >= 11 is 0. The summed E-state index contributed by atoms with van der Waals surface area (Å²) in [7, 11) is -4.33. The maximum Gasteiger partial charge on any atom is 0.584 e. The topological polar surface area (TPSA) is 55.8 Å². The predicted molar refractivity (Wildman–Crippen MR) is 132 cm³/mol. The Hall–Kier alpha value is -3.33. The minimum atomic E-state index is -4.33. The Kier molecular flexibility index (Phi) is 6.98. The second-order valence-electron chi connectivity index (χ2n) is 8.05. The Morgan fingerprint density at radius 3 is 1.18 bits per heavy atom. The van der Waals surface area contributed by atoms with Gasteiger partial charge in [0.15, 0.2) is 0 Å². The SMILES string of the molecule is CC(c1ccccc1)c1ccc(OP(=O)(O)Oc2ccc(C(C)c3ccccc3)cc2)cc1. The van der Waals surface area contributed by atoms with Crippen LogP contribution in [-0.2, 0) is 4.57 Å². The van der Waals surface area contributed by atoms with Crippen LogP contribution in [0.5, 0.6) is 11.5 Å². The highest BCUT2D eigenvalue weighted by molar-refractivity contribution is 7.48.